The minimum absolute atomic E-state index is 0.0835. The van der Waals surface area contributed by atoms with Crippen molar-refractivity contribution in [2.24, 2.45) is 0 Å². The van der Waals surface area contributed by atoms with E-state index < -0.39 is 40.2 Å². The van der Waals surface area contributed by atoms with Crippen LogP contribution in [0, 0.1) is 0 Å². The van der Waals surface area contributed by atoms with Crippen LogP contribution < -0.4 is 9.67 Å². The van der Waals surface area contributed by atoms with Gasteiger partial charge in [0.05, 0.1) is 0 Å². The number of aromatic hydroxyl groups is 1. The first-order chi connectivity index (χ1) is 11.2. The van der Waals surface area contributed by atoms with Gasteiger partial charge in [0.25, 0.3) is 0 Å². The Morgan fingerprint density at radius 1 is 1.42 bits per heavy atom. The van der Waals surface area contributed by atoms with E-state index in [0.717, 1.165) is 30.4 Å². The predicted molar refractivity (Wildman–Crippen MR) is 85.5 cm³/mol. The van der Waals surface area contributed by atoms with E-state index in [-0.39, 0.29) is 21.9 Å². The van der Waals surface area contributed by atoms with Crippen molar-refractivity contribution in [1.29, 1.82) is 0 Å². The van der Waals surface area contributed by atoms with Gasteiger partial charge in [0.2, 0.25) is 0 Å². The third-order valence-electron chi connectivity index (χ3n) is 2.53. The first kappa shape index (κ1) is 20.1. The Bertz CT molecular complexity index is 733. The molecule has 0 saturated carbocycles. The number of hydrogen-bond acceptors (Lipinski definition) is 7. The van der Waals surface area contributed by atoms with Crippen molar-refractivity contribution < 1.29 is 35.9 Å². The Hall–Kier alpha value is -1.92. The first-order valence-corrected chi connectivity index (χ1v) is 11.5. The fraction of sp³-hybridized carbons (Fsp3) is 0.231. The van der Waals surface area contributed by atoms with Crippen LogP contribution in [-0.2, 0) is 21.6 Å². The average Bonchev–Trinajstić information content (AvgIpc) is 2.45. The molecule has 24 heavy (non-hydrogen) atoms. The molecule has 0 saturated heterocycles. The van der Waals surface area contributed by atoms with Crippen LogP contribution in [0.25, 0.3) is 0 Å². The number of phenols is 1. The summed E-state index contributed by atoms with van der Waals surface area (Å²) >= 11 is -5.35. The van der Waals surface area contributed by atoms with Crippen LogP contribution >= 0.6 is 7.80 Å². The normalized spacial score (nSPS) is 14.0. The van der Waals surface area contributed by atoms with Crippen LogP contribution in [0.4, 0.5) is 5.69 Å². The van der Waals surface area contributed by atoms with Gasteiger partial charge in [-0.2, -0.15) is 0 Å². The van der Waals surface area contributed by atoms with E-state index in [0.29, 0.717) is 0 Å². The molecule has 0 fully saturated rings. The summed E-state index contributed by atoms with van der Waals surface area (Å²) in [6.07, 6.45) is 1.36. The topological polar surface area (TPSA) is 150 Å². The van der Waals surface area contributed by atoms with Crippen molar-refractivity contribution >= 4 is 43.9 Å². The molecule has 0 aliphatic carbocycles. The summed E-state index contributed by atoms with van der Waals surface area (Å²) < 4.78 is 37.6. The summed E-state index contributed by atoms with van der Waals surface area (Å²) in [6.45, 7) is 1.17. The van der Waals surface area contributed by atoms with Gasteiger partial charge in [-0.15, -0.1) is 0 Å². The first-order valence-electron chi connectivity index (χ1n) is 6.52. The van der Waals surface area contributed by atoms with Gasteiger partial charge in [-0.25, -0.2) is 0 Å². The summed E-state index contributed by atoms with van der Waals surface area (Å²) in [5.41, 5.74) is -0.146. The van der Waals surface area contributed by atoms with E-state index in [1.807, 2.05) is 0 Å². The van der Waals surface area contributed by atoms with E-state index in [1.54, 1.807) is 0 Å². The second-order valence-electron chi connectivity index (χ2n) is 4.52. The number of aliphatic hydroxyl groups is 1. The molecule has 0 aromatic heterocycles. The van der Waals surface area contributed by atoms with Crippen molar-refractivity contribution in [3.8, 4) is 5.75 Å². The quantitative estimate of drug-likeness (QED) is 0.269. The number of rotatable bonds is 7. The Morgan fingerprint density at radius 3 is 2.67 bits per heavy atom. The van der Waals surface area contributed by atoms with Gasteiger partial charge in [-0.3, -0.25) is 0 Å². The van der Waals surface area contributed by atoms with E-state index in [9.17, 15) is 27.1 Å². The second kappa shape index (κ2) is 8.80. The molecule has 0 aliphatic rings. The molecule has 0 spiro atoms. The molecule has 1 amide bonds. The number of phenolic OH excluding ortho intramolecular Hbond substituents is 1. The minimum atomic E-state index is -5.35. The van der Waals surface area contributed by atoms with Crippen LogP contribution in [0.2, 0.25) is 0 Å². The molecular formula is C13H16AsNO8P+. The van der Waals surface area contributed by atoms with Crippen LogP contribution in [-0.4, -0.2) is 52.9 Å². The number of amides is 1. The second-order valence-corrected chi connectivity index (χ2v) is 9.71. The summed E-state index contributed by atoms with van der Waals surface area (Å²) in [7, 11) is -1.90. The molecule has 2 atom stereocenters. The van der Waals surface area contributed by atoms with Crippen LogP contribution in [0.3, 0.4) is 0 Å². The fourth-order valence-corrected chi connectivity index (χ4v) is 4.33. The van der Waals surface area contributed by atoms with Crippen molar-refractivity contribution in [2.45, 2.75) is 6.92 Å². The van der Waals surface area contributed by atoms with Gasteiger partial charge in [0.1, 0.15) is 0 Å². The Morgan fingerprint density at radius 2 is 2.08 bits per heavy atom. The Kier molecular flexibility index (Phi) is 7.38. The van der Waals surface area contributed by atoms with Gasteiger partial charge >= 0.3 is 141 Å². The monoisotopic (exact) mass is 420 g/mol. The molecule has 9 nitrogen and oxygen atoms in total. The molecule has 11 heteroatoms. The summed E-state index contributed by atoms with van der Waals surface area (Å²) in [4.78, 5) is 22.7. The summed E-state index contributed by atoms with van der Waals surface area (Å²) in [5, 5.41) is 20.3. The Labute approximate surface area is 141 Å². The molecule has 4 N–H and O–H groups in total. The third-order valence-corrected chi connectivity index (χ3v) is 6.46. The zero-order valence-corrected chi connectivity index (χ0v) is 15.3. The van der Waals surface area contributed by atoms with Crippen LogP contribution in [0.1, 0.15) is 6.92 Å². The number of aliphatic hydroxyl groups excluding tert-OH is 1. The van der Waals surface area contributed by atoms with Gasteiger partial charge in [-0.05, 0) is 0 Å². The molecule has 0 heterocycles. The number of carbonyl (C=O) groups excluding carboxylic acids is 2. The molecule has 130 valence electrons. The fourth-order valence-electron chi connectivity index (χ4n) is 1.59. The molecule has 0 aliphatic heterocycles. The number of carbonyl (C=O) groups is 2. The number of benzene rings is 1. The summed E-state index contributed by atoms with van der Waals surface area (Å²) in [6, 6.07) is 3.23. The van der Waals surface area contributed by atoms with Gasteiger partial charge < -0.3 is 0 Å². The maximum absolute atomic E-state index is 12.3. The number of nitrogens with one attached hydrogen (secondary N) is 1. The number of allylic oxidation sites excluding steroid dienone is 1. The maximum atomic E-state index is 12.3. The van der Waals surface area contributed by atoms with Crippen molar-refractivity contribution in [3.05, 3.63) is 30.4 Å². The van der Waals surface area contributed by atoms with Gasteiger partial charge in [-0.1, -0.05) is 0 Å². The molecule has 0 radical (unpaired) electrons. The van der Waals surface area contributed by atoms with Crippen molar-refractivity contribution in [1.82, 2.24) is 0 Å². The molecule has 2 unspecified atom stereocenters. The van der Waals surface area contributed by atoms with Gasteiger partial charge in [0, 0.05) is 0 Å². The molecule has 0 bridgehead atoms. The Balaban J connectivity index is 2.95. The number of anilines is 1. The predicted octanol–water partition coefficient (Wildman–Crippen LogP) is -0.204. The van der Waals surface area contributed by atoms with Gasteiger partial charge in [0.15, 0.2) is 0 Å². The average molecular weight is 420 g/mol. The molecule has 1 aromatic carbocycles. The zero-order valence-electron chi connectivity index (χ0n) is 12.6. The summed E-state index contributed by atoms with van der Waals surface area (Å²) in [5.74, 6) is -1.93. The van der Waals surface area contributed by atoms with E-state index in [4.69, 9.17) is 5.11 Å². The van der Waals surface area contributed by atoms with E-state index in [2.05, 4.69) is 9.04 Å². The zero-order chi connectivity index (χ0) is 18.3. The standard InChI is InChI=1S/C13H15AsNO8P/c1-9(17)15-12-7-10(18)4-5-11(12)14(20,21)23-13(19)3-2-6-24(22)8-16/h2-5,7,16H,6,8H2,1H3,(H2-,15,17,18,20,21)/p+1. The SMILES string of the molecule is CC(=O)Nc1cc(O)ccc1[As](=O)(O)OC(=O)C=CC[P+](=O)CO. The van der Waals surface area contributed by atoms with Crippen LogP contribution in [0.5, 0.6) is 5.75 Å². The van der Waals surface area contributed by atoms with Crippen molar-refractivity contribution in [2.75, 3.05) is 17.8 Å². The van der Waals surface area contributed by atoms with Crippen molar-refractivity contribution in [3.63, 3.8) is 0 Å². The third kappa shape index (κ3) is 6.29. The van der Waals surface area contributed by atoms with E-state index in [1.165, 1.54) is 6.92 Å². The number of hydrogen-bond donors (Lipinski definition) is 4. The molecular weight excluding hydrogens is 404 g/mol. The van der Waals surface area contributed by atoms with Crippen LogP contribution in [0.15, 0.2) is 30.4 Å². The van der Waals surface area contributed by atoms with E-state index >= 15 is 0 Å². The molecule has 1 aromatic rings. The molecule has 1 rings (SSSR count).